The quantitative estimate of drug-likeness (QED) is 0.271. The zero-order valence-electron chi connectivity index (χ0n) is 16.0. The minimum atomic E-state index is -0.486. The Balaban J connectivity index is 1.50. The third kappa shape index (κ3) is 4.96. The van der Waals surface area contributed by atoms with Gasteiger partial charge in [-0.1, -0.05) is 24.3 Å². The van der Waals surface area contributed by atoms with E-state index in [0.717, 1.165) is 24.8 Å². The molecule has 2 heterocycles. The number of halogens is 1. The van der Waals surface area contributed by atoms with Gasteiger partial charge in [-0.15, -0.1) is 0 Å². The monoisotopic (exact) mass is 499 g/mol. The Kier molecular flexibility index (Phi) is 6.82. The largest absolute Gasteiger partial charge is 0.466 e. The summed E-state index contributed by atoms with van der Waals surface area (Å²) in [5.41, 5.74) is 7.26. The smallest absolute Gasteiger partial charge is 0.306 e. The molecule has 28 heavy (non-hydrogen) atoms. The number of nitrogens with zero attached hydrogens (tertiary/aromatic N) is 1. The number of rotatable bonds is 6. The molecule has 3 rings (SSSR count). The summed E-state index contributed by atoms with van der Waals surface area (Å²) in [7, 11) is 0. The van der Waals surface area contributed by atoms with E-state index in [0.29, 0.717) is 19.7 Å². The van der Waals surface area contributed by atoms with Crippen molar-refractivity contribution in [1.29, 1.82) is 5.41 Å². The van der Waals surface area contributed by atoms with Gasteiger partial charge in [-0.05, 0) is 25.3 Å². The summed E-state index contributed by atoms with van der Waals surface area (Å²) in [4.78, 5) is 25.6. The van der Waals surface area contributed by atoms with Crippen LogP contribution in [0.3, 0.4) is 0 Å². The highest BCUT2D eigenvalue weighted by molar-refractivity contribution is 14.2. The van der Waals surface area contributed by atoms with Crippen LogP contribution in [0.4, 0.5) is 0 Å². The maximum Gasteiger partial charge on any atom is 0.306 e. The van der Waals surface area contributed by atoms with Crippen molar-refractivity contribution in [3.63, 3.8) is 0 Å². The molecule has 0 radical (unpaired) electrons. The van der Waals surface area contributed by atoms with Gasteiger partial charge in [0.15, 0.2) is 0 Å². The van der Waals surface area contributed by atoms with Crippen LogP contribution in [0.2, 0.25) is 0 Å². The molecule has 0 aliphatic carbocycles. The Hall–Kier alpha value is -1.81. The van der Waals surface area contributed by atoms with Crippen molar-refractivity contribution >= 4 is 42.4 Å². The Morgan fingerprint density at radius 3 is 2.54 bits per heavy atom. The van der Waals surface area contributed by atoms with Gasteiger partial charge in [0.25, 0.3) is 0 Å². The summed E-state index contributed by atoms with van der Waals surface area (Å²) in [6.45, 7) is 3.44. The van der Waals surface area contributed by atoms with Crippen molar-refractivity contribution in [2.75, 3.05) is 19.7 Å². The summed E-state index contributed by atoms with van der Waals surface area (Å²) >= 11 is -0.486. The Labute approximate surface area is 175 Å². The topological polar surface area (TPSA) is 106 Å². The van der Waals surface area contributed by atoms with Crippen LogP contribution in [0.5, 0.6) is 0 Å². The van der Waals surface area contributed by atoms with Crippen molar-refractivity contribution in [2.24, 2.45) is 5.73 Å². The summed E-state index contributed by atoms with van der Waals surface area (Å²) in [5, 5.41) is 7.49. The first-order valence-corrected chi connectivity index (χ1v) is 11.5. The molecule has 1 spiro atoms. The van der Waals surface area contributed by atoms with E-state index in [2.05, 4.69) is 0 Å². The van der Waals surface area contributed by atoms with E-state index in [1.807, 2.05) is 29.2 Å². The number of nitrogens with one attached hydrogen (secondary N) is 1. The number of ether oxygens (including phenoxy) is 1. The summed E-state index contributed by atoms with van der Waals surface area (Å²) in [5.74, 6) is -0.228. The van der Waals surface area contributed by atoms with Gasteiger partial charge in [0.05, 0.1) is 18.6 Å². The van der Waals surface area contributed by atoms with Gasteiger partial charge < -0.3 is 18.4 Å². The fraction of sp³-hybridized carbons (Fsp3) is 0.500. The lowest BCUT2D eigenvalue weighted by Gasteiger charge is -2.38. The highest BCUT2D eigenvalue weighted by atomic mass is 127. The number of esters is 1. The summed E-state index contributed by atoms with van der Waals surface area (Å²) in [6, 6.07) is 7.79. The highest BCUT2D eigenvalue weighted by Crippen LogP contribution is 2.42. The second-order valence-electron chi connectivity index (χ2n) is 7.10. The van der Waals surface area contributed by atoms with Crippen molar-refractivity contribution in [3.05, 3.63) is 35.4 Å². The van der Waals surface area contributed by atoms with E-state index < -0.39 is 21.1 Å². The van der Waals surface area contributed by atoms with Crippen LogP contribution in [0.25, 0.3) is 0 Å². The van der Waals surface area contributed by atoms with E-state index in [1.165, 1.54) is 9.07 Å². The number of carbonyl (C=O) groups excluding carboxylic acids is 2. The molecule has 1 amide bonds. The molecule has 0 bridgehead atoms. The fourth-order valence-electron chi connectivity index (χ4n) is 3.46. The molecule has 0 saturated carbocycles. The predicted molar refractivity (Wildman–Crippen MR) is 116 cm³/mol. The van der Waals surface area contributed by atoms with Gasteiger partial charge in [0, 0.05) is 56.1 Å². The third-order valence-corrected chi connectivity index (χ3v) is 7.85. The van der Waals surface area contributed by atoms with Gasteiger partial charge in [-0.25, -0.2) is 0 Å². The Morgan fingerprint density at radius 1 is 1.25 bits per heavy atom. The molecule has 1 aromatic carbocycles. The zero-order chi connectivity index (χ0) is 20.1. The number of carbonyl (C=O) groups is 2. The van der Waals surface area contributed by atoms with E-state index in [1.54, 1.807) is 6.92 Å². The standard InChI is InChI=1S/C20H26IN3O4/c1-2-27-18(26)8-7-17(25)24-11-9-20(10-12-24)13-16(21-28-20)14-3-5-15(6-4-14)19(22)23/h3-6H,2,7-13H2,1H3,(H3,22,23). The maximum atomic E-state index is 12.3. The molecule has 2 aliphatic rings. The lowest BCUT2D eigenvalue weighted by molar-refractivity contribution is -0.146. The Morgan fingerprint density at radius 2 is 1.93 bits per heavy atom. The van der Waals surface area contributed by atoms with E-state index >= 15 is 0 Å². The van der Waals surface area contributed by atoms with Crippen LogP contribution in [0.15, 0.2) is 24.3 Å². The lowest BCUT2D eigenvalue weighted by atomic mass is 9.85. The van der Waals surface area contributed by atoms with Crippen LogP contribution in [-0.2, 0) is 17.4 Å². The van der Waals surface area contributed by atoms with Crippen LogP contribution in [0.1, 0.15) is 50.2 Å². The van der Waals surface area contributed by atoms with Crippen LogP contribution < -0.4 is 5.73 Å². The normalized spacial score (nSPS) is 18.3. The molecular formula is C20H26IN3O4. The van der Waals surface area contributed by atoms with Gasteiger partial charge >= 0.3 is 5.97 Å². The lowest BCUT2D eigenvalue weighted by Crippen LogP contribution is -2.46. The fourth-order valence-corrected chi connectivity index (χ4v) is 6.25. The number of hydrogen-bond acceptors (Lipinski definition) is 5. The molecule has 3 N–H and O–H groups in total. The molecule has 2 aliphatic heterocycles. The first kappa shape index (κ1) is 20.9. The molecule has 7 nitrogen and oxygen atoms in total. The molecule has 0 atom stereocenters. The molecule has 0 aromatic heterocycles. The van der Waals surface area contributed by atoms with Crippen molar-refractivity contribution < 1.29 is 17.4 Å². The number of benzene rings is 1. The van der Waals surface area contributed by atoms with E-state index in [-0.39, 0.29) is 36.2 Å². The molecule has 8 heteroatoms. The SMILES string of the molecule is CCOC(=O)CCC(=O)N1CCC2(CC1)CC(c1ccc(C(=N)N)cc1)=IO2. The van der Waals surface area contributed by atoms with Crippen molar-refractivity contribution in [2.45, 2.75) is 44.6 Å². The third-order valence-electron chi connectivity index (χ3n) is 5.16. The minimum absolute atomic E-state index is 0.0135. The van der Waals surface area contributed by atoms with Gasteiger partial charge in [-0.2, -0.15) is 0 Å². The number of hydrogen-bond donors (Lipinski definition) is 2. The second kappa shape index (κ2) is 9.13. The first-order valence-electron chi connectivity index (χ1n) is 9.49. The molecule has 0 unspecified atom stereocenters. The van der Waals surface area contributed by atoms with Crippen LogP contribution in [0, 0.1) is 5.41 Å². The minimum Gasteiger partial charge on any atom is -0.466 e. The number of amidine groups is 1. The number of nitrogen functional groups attached to an aromatic ring is 1. The van der Waals surface area contributed by atoms with E-state index in [9.17, 15) is 9.59 Å². The second-order valence-corrected chi connectivity index (χ2v) is 9.28. The average molecular weight is 499 g/mol. The van der Waals surface area contributed by atoms with Gasteiger partial charge in [0.2, 0.25) is 5.91 Å². The zero-order valence-corrected chi connectivity index (χ0v) is 18.2. The molecule has 1 saturated heterocycles. The van der Waals surface area contributed by atoms with Crippen molar-refractivity contribution in [1.82, 2.24) is 4.90 Å². The van der Waals surface area contributed by atoms with Crippen LogP contribution >= 0.6 is 21.1 Å². The number of amides is 1. The summed E-state index contributed by atoms with van der Waals surface area (Å²) in [6.07, 6.45) is 2.91. The molecular weight excluding hydrogens is 473 g/mol. The van der Waals surface area contributed by atoms with Gasteiger partial charge in [-0.3, -0.25) is 15.0 Å². The Bertz CT molecular complexity index is 783. The number of piperidine rings is 1. The van der Waals surface area contributed by atoms with Crippen molar-refractivity contribution in [3.8, 4) is 0 Å². The highest BCUT2D eigenvalue weighted by Gasteiger charge is 2.41. The van der Waals surface area contributed by atoms with Crippen LogP contribution in [-0.4, -0.2) is 51.4 Å². The molecule has 1 fully saturated rings. The van der Waals surface area contributed by atoms with E-state index in [4.69, 9.17) is 18.9 Å². The molecule has 1 aromatic rings. The maximum absolute atomic E-state index is 12.3. The van der Waals surface area contributed by atoms with Gasteiger partial charge in [0.1, 0.15) is 5.84 Å². The number of likely N-dealkylation sites (tertiary alicyclic amines) is 1. The molecule has 152 valence electrons. The predicted octanol–water partition coefficient (Wildman–Crippen LogP) is 2.50. The average Bonchev–Trinajstić information content (AvgIpc) is 3.10. The summed E-state index contributed by atoms with van der Waals surface area (Å²) < 4.78 is 12.5. The number of nitrogens with two attached hydrogens (primary N) is 1. The first-order chi connectivity index (χ1) is 13.4.